The van der Waals surface area contributed by atoms with Gasteiger partial charge in [-0.1, -0.05) is 12.8 Å². The Labute approximate surface area is 259 Å². The molecule has 0 saturated heterocycles. The molecule has 1 saturated carbocycles. The van der Waals surface area contributed by atoms with E-state index >= 15 is 0 Å². The Balaban J connectivity index is 1.19. The van der Waals surface area contributed by atoms with Crippen molar-refractivity contribution in [1.29, 1.82) is 0 Å². The van der Waals surface area contributed by atoms with Gasteiger partial charge in [-0.05, 0) is 72.8 Å². The molecule has 5 aromatic heterocycles. The van der Waals surface area contributed by atoms with Crippen molar-refractivity contribution in [2.75, 3.05) is 12.8 Å². The van der Waals surface area contributed by atoms with Gasteiger partial charge >= 0.3 is 0 Å². The number of aromatic amines is 2. The van der Waals surface area contributed by atoms with Gasteiger partial charge in [0.05, 0.1) is 22.9 Å². The molecule has 0 aliphatic heterocycles. The molecule has 0 radical (unpaired) electrons. The third-order valence-electron chi connectivity index (χ3n) is 8.18. The zero-order valence-electron chi connectivity index (χ0n) is 24.6. The second kappa shape index (κ2) is 12.1. The summed E-state index contributed by atoms with van der Waals surface area (Å²) in [6, 6.07) is 10.3. The second-order valence-electron chi connectivity index (χ2n) is 11.6. The van der Waals surface area contributed by atoms with Crippen LogP contribution in [0.25, 0.3) is 56.0 Å². The van der Waals surface area contributed by atoms with Crippen molar-refractivity contribution in [3.63, 3.8) is 0 Å². The Morgan fingerprint density at radius 3 is 2.60 bits per heavy atom. The summed E-state index contributed by atoms with van der Waals surface area (Å²) in [5, 5.41) is 11.9. The van der Waals surface area contributed by atoms with Crippen LogP contribution in [0.3, 0.4) is 0 Å². The summed E-state index contributed by atoms with van der Waals surface area (Å²) in [5.74, 6) is 0.767. The van der Waals surface area contributed by atoms with Crippen molar-refractivity contribution in [3.05, 3.63) is 78.1 Å². The van der Waals surface area contributed by atoms with Crippen LogP contribution in [0.1, 0.15) is 36.8 Å². The average molecular weight is 626 g/mol. The van der Waals surface area contributed by atoms with E-state index in [0.717, 1.165) is 47.3 Å². The van der Waals surface area contributed by atoms with Crippen molar-refractivity contribution >= 4 is 32.1 Å². The van der Waals surface area contributed by atoms with Crippen LogP contribution in [0, 0.1) is 11.7 Å². The highest BCUT2D eigenvalue weighted by atomic mass is 32.2. The SMILES string of the molecule is CS(=O)(=O)NCc1cc(F)cc(-c2nccc3[nH]c(-c4n[nH]c5ncc(-c6cncc(CNCC7CCCC7)c6)cc45)nc23)c1. The van der Waals surface area contributed by atoms with Gasteiger partial charge in [0.15, 0.2) is 11.5 Å². The fourth-order valence-corrected chi connectivity index (χ4v) is 6.41. The second-order valence-corrected chi connectivity index (χ2v) is 13.5. The summed E-state index contributed by atoms with van der Waals surface area (Å²) in [5.41, 5.74) is 6.80. The first kappa shape index (κ1) is 29.1. The zero-order chi connectivity index (χ0) is 31.0. The first-order valence-electron chi connectivity index (χ1n) is 14.9. The lowest BCUT2D eigenvalue weighted by atomic mass is 10.1. The Hall–Kier alpha value is -4.59. The Bertz CT molecular complexity index is 2120. The molecule has 6 aromatic rings. The predicted octanol–water partition coefficient (Wildman–Crippen LogP) is 5.09. The number of hydrogen-bond acceptors (Lipinski definition) is 8. The van der Waals surface area contributed by atoms with E-state index < -0.39 is 15.8 Å². The molecule has 0 spiro atoms. The number of fused-ring (bicyclic) bond motifs is 2. The molecule has 230 valence electrons. The summed E-state index contributed by atoms with van der Waals surface area (Å²) in [4.78, 5) is 21.7. The van der Waals surface area contributed by atoms with E-state index in [1.54, 1.807) is 24.5 Å². The minimum atomic E-state index is -3.44. The summed E-state index contributed by atoms with van der Waals surface area (Å²) < 4.78 is 40.1. The minimum Gasteiger partial charge on any atom is -0.336 e. The van der Waals surface area contributed by atoms with E-state index in [-0.39, 0.29) is 6.54 Å². The fraction of sp³-hybridized carbons (Fsp3) is 0.281. The van der Waals surface area contributed by atoms with E-state index in [1.165, 1.54) is 37.8 Å². The van der Waals surface area contributed by atoms with Gasteiger partial charge in [0.2, 0.25) is 10.0 Å². The van der Waals surface area contributed by atoms with Gasteiger partial charge in [-0.25, -0.2) is 27.5 Å². The number of aromatic nitrogens is 7. The molecular formula is C32H32FN9O2S. The molecule has 1 fully saturated rings. The first-order valence-corrected chi connectivity index (χ1v) is 16.8. The molecule has 0 unspecified atom stereocenters. The number of imidazole rings is 1. The molecular weight excluding hydrogens is 593 g/mol. The molecule has 0 amide bonds. The number of H-pyrrole nitrogens is 2. The molecule has 1 aromatic carbocycles. The normalized spacial score (nSPS) is 14.2. The maximum Gasteiger partial charge on any atom is 0.209 e. The highest BCUT2D eigenvalue weighted by molar-refractivity contribution is 7.88. The molecule has 0 atom stereocenters. The van der Waals surface area contributed by atoms with Gasteiger partial charge < -0.3 is 10.3 Å². The first-order chi connectivity index (χ1) is 21.8. The maximum atomic E-state index is 14.6. The van der Waals surface area contributed by atoms with Crippen LogP contribution in [0.5, 0.6) is 0 Å². The third-order valence-corrected chi connectivity index (χ3v) is 8.84. The highest BCUT2D eigenvalue weighted by Crippen LogP contribution is 2.32. The van der Waals surface area contributed by atoms with E-state index in [4.69, 9.17) is 4.98 Å². The fourth-order valence-electron chi connectivity index (χ4n) is 5.98. The van der Waals surface area contributed by atoms with Gasteiger partial charge in [-0.3, -0.25) is 15.1 Å². The van der Waals surface area contributed by atoms with Crippen LogP contribution < -0.4 is 10.0 Å². The van der Waals surface area contributed by atoms with Gasteiger partial charge in [0.25, 0.3) is 0 Å². The Morgan fingerprint density at radius 2 is 1.76 bits per heavy atom. The predicted molar refractivity (Wildman–Crippen MR) is 171 cm³/mol. The number of sulfonamides is 1. The van der Waals surface area contributed by atoms with Crippen molar-refractivity contribution in [2.45, 2.75) is 38.8 Å². The minimum absolute atomic E-state index is 0.0462. The van der Waals surface area contributed by atoms with E-state index in [1.807, 2.05) is 18.5 Å². The largest absolute Gasteiger partial charge is 0.336 e. The molecule has 13 heteroatoms. The molecule has 7 rings (SSSR count). The number of pyridine rings is 3. The van der Waals surface area contributed by atoms with E-state index in [0.29, 0.717) is 45.0 Å². The number of hydrogen-bond donors (Lipinski definition) is 4. The number of benzene rings is 1. The van der Waals surface area contributed by atoms with Crippen LogP contribution in [0.2, 0.25) is 0 Å². The third kappa shape index (κ3) is 6.46. The smallest absolute Gasteiger partial charge is 0.209 e. The molecule has 45 heavy (non-hydrogen) atoms. The van der Waals surface area contributed by atoms with Crippen molar-refractivity contribution < 1.29 is 12.8 Å². The standard InChI is InChI=1S/C32H32FN9O2S/c1-45(43,44)38-16-20-8-22(11-25(33)10-20)28-30-27(6-7-36-28)39-32(40-30)29-26-12-24(18-37-31(26)42-41-29)23-9-21(15-35-17-23)14-34-13-19-4-2-3-5-19/h6-12,15,17-19,34,38H,2-5,13-14,16H2,1H3,(H,39,40)(H,37,41,42). The molecule has 11 nitrogen and oxygen atoms in total. The topological polar surface area (TPSA) is 154 Å². The van der Waals surface area contributed by atoms with Crippen LogP contribution >= 0.6 is 0 Å². The summed E-state index contributed by atoms with van der Waals surface area (Å²) in [6.07, 6.45) is 13.5. The molecule has 5 heterocycles. The zero-order valence-corrected chi connectivity index (χ0v) is 25.5. The molecule has 1 aliphatic rings. The number of halogens is 1. The monoisotopic (exact) mass is 625 g/mol. The highest BCUT2D eigenvalue weighted by Gasteiger charge is 2.18. The Kier molecular flexibility index (Phi) is 7.81. The molecule has 4 N–H and O–H groups in total. The van der Waals surface area contributed by atoms with Crippen LogP contribution in [-0.4, -0.2) is 56.3 Å². The van der Waals surface area contributed by atoms with E-state index in [9.17, 15) is 12.8 Å². The quantitative estimate of drug-likeness (QED) is 0.164. The summed E-state index contributed by atoms with van der Waals surface area (Å²) >= 11 is 0. The number of rotatable bonds is 10. The maximum absolute atomic E-state index is 14.6. The van der Waals surface area contributed by atoms with Crippen LogP contribution in [0.4, 0.5) is 4.39 Å². The lowest BCUT2D eigenvalue weighted by Gasteiger charge is -2.11. The summed E-state index contributed by atoms with van der Waals surface area (Å²) in [7, 11) is -3.44. The van der Waals surface area contributed by atoms with Crippen LogP contribution in [-0.2, 0) is 23.1 Å². The van der Waals surface area contributed by atoms with Gasteiger partial charge in [0.1, 0.15) is 17.0 Å². The van der Waals surface area contributed by atoms with Crippen molar-refractivity contribution in [1.82, 2.24) is 45.2 Å². The lowest BCUT2D eigenvalue weighted by molar-refractivity contribution is 0.489. The van der Waals surface area contributed by atoms with Gasteiger partial charge in [-0.2, -0.15) is 5.10 Å². The van der Waals surface area contributed by atoms with Crippen LogP contribution in [0.15, 0.2) is 61.2 Å². The van der Waals surface area contributed by atoms with Crippen molar-refractivity contribution in [3.8, 4) is 33.9 Å². The number of nitrogens with zero attached hydrogens (tertiary/aromatic N) is 5. The number of nitrogens with one attached hydrogen (secondary N) is 4. The molecule has 0 bridgehead atoms. The lowest BCUT2D eigenvalue weighted by Crippen LogP contribution is -2.21. The van der Waals surface area contributed by atoms with Gasteiger partial charge in [0, 0.05) is 54.6 Å². The molecule has 1 aliphatic carbocycles. The Morgan fingerprint density at radius 1 is 0.933 bits per heavy atom. The van der Waals surface area contributed by atoms with E-state index in [2.05, 4.69) is 46.2 Å². The average Bonchev–Trinajstić information content (AvgIpc) is 3.79. The summed E-state index contributed by atoms with van der Waals surface area (Å²) in [6.45, 7) is 1.75. The van der Waals surface area contributed by atoms with Crippen molar-refractivity contribution in [2.24, 2.45) is 5.92 Å². The van der Waals surface area contributed by atoms with Gasteiger partial charge in [-0.15, -0.1) is 0 Å².